The first-order valence-electron chi connectivity index (χ1n) is 7.14. The van der Waals surface area contributed by atoms with Gasteiger partial charge in [-0.15, -0.1) is 0 Å². The highest BCUT2D eigenvalue weighted by molar-refractivity contribution is 5.74. The molecule has 5 heteroatoms. The first-order chi connectivity index (χ1) is 8.93. The van der Waals surface area contributed by atoms with Crippen LogP contribution in [0.5, 0.6) is 0 Å². The number of carbonyl (C=O) groups is 1. The monoisotopic (exact) mass is 272 g/mol. The van der Waals surface area contributed by atoms with Crippen molar-refractivity contribution in [3.63, 3.8) is 0 Å². The van der Waals surface area contributed by atoms with E-state index in [9.17, 15) is 9.90 Å². The van der Waals surface area contributed by atoms with E-state index in [-0.39, 0.29) is 12.1 Å². The van der Waals surface area contributed by atoms with E-state index in [0.29, 0.717) is 25.0 Å². The molecule has 0 bridgehead atoms. The summed E-state index contributed by atoms with van der Waals surface area (Å²) in [5, 5.41) is 15.2. The Morgan fingerprint density at radius 3 is 2.63 bits per heavy atom. The van der Waals surface area contributed by atoms with Crippen LogP contribution in [0.3, 0.4) is 0 Å². The molecular weight excluding hydrogens is 244 g/mol. The molecule has 0 aromatic heterocycles. The van der Waals surface area contributed by atoms with Crippen LogP contribution >= 0.6 is 0 Å². The molecule has 2 amide bonds. The lowest BCUT2D eigenvalue weighted by atomic mass is 9.76. The minimum atomic E-state index is -0.513. The van der Waals surface area contributed by atoms with Crippen molar-refractivity contribution in [1.29, 1.82) is 0 Å². The van der Waals surface area contributed by atoms with Crippen LogP contribution in [-0.4, -0.2) is 43.5 Å². The summed E-state index contributed by atoms with van der Waals surface area (Å²) < 4.78 is 4.82. The van der Waals surface area contributed by atoms with Crippen molar-refractivity contribution in [2.75, 3.05) is 20.3 Å². The molecule has 1 atom stereocenters. The Hall–Kier alpha value is -0.810. The lowest BCUT2D eigenvalue weighted by molar-refractivity contribution is 0.0598. The number of amides is 2. The minimum absolute atomic E-state index is 0.130. The number of urea groups is 1. The van der Waals surface area contributed by atoms with Crippen molar-refractivity contribution in [3.8, 4) is 0 Å². The SMILES string of the molecule is COCC(O)CCNC(=O)NC1CCC(C)(C)CC1. The number of ether oxygens (including phenoxy) is 1. The highest BCUT2D eigenvalue weighted by Crippen LogP contribution is 2.34. The minimum Gasteiger partial charge on any atom is -0.391 e. The van der Waals surface area contributed by atoms with E-state index >= 15 is 0 Å². The normalized spacial score (nSPS) is 20.8. The highest BCUT2D eigenvalue weighted by Gasteiger charge is 2.27. The molecule has 0 spiro atoms. The van der Waals surface area contributed by atoms with E-state index in [2.05, 4.69) is 24.5 Å². The third-order valence-corrected chi connectivity index (χ3v) is 3.80. The van der Waals surface area contributed by atoms with E-state index in [0.717, 1.165) is 25.7 Å². The summed E-state index contributed by atoms with van der Waals surface area (Å²) >= 11 is 0. The Bertz CT molecular complexity index is 272. The number of aliphatic hydroxyl groups is 1. The van der Waals surface area contributed by atoms with Crippen molar-refractivity contribution in [2.45, 2.75) is 58.1 Å². The molecule has 1 rings (SSSR count). The Balaban J connectivity index is 2.11. The van der Waals surface area contributed by atoms with Crippen LogP contribution in [0.2, 0.25) is 0 Å². The van der Waals surface area contributed by atoms with Gasteiger partial charge in [-0.25, -0.2) is 4.79 Å². The molecule has 5 nitrogen and oxygen atoms in total. The van der Waals surface area contributed by atoms with Crippen LogP contribution in [0.15, 0.2) is 0 Å². The fraction of sp³-hybridized carbons (Fsp3) is 0.929. The molecule has 112 valence electrons. The van der Waals surface area contributed by atoms with Crippen LogP contribution in [0.4, 0.5) is 4.79 Å². The van der Waals surface area contributed by atoms with Gasteiger partial charge in [0.15, 0.2) is 0 Å². The first-order valence-corrected chi connectivity index (χ1v) is 7.14. The van der Waals surface area contributed by atoms with Crippen molar-refractivity contribution in [1.82, 2.24) is 10.6 Å². The molecule has 0 radical (unpaired) electrons. The second-order valence-electron chi connectivity index (χ2n) is 6.24. The zero-order valence-corrected chi connectivity index (χ0v) is 12.4. The van der Waals surface area contributed by atoms with Crippen LogP contribution in [0.1, 0.15) is 46.0 Å². The maximum atomic E-state index is 11.7. The van der Waals surface area contributed by atoms with Crippen molar-refractivity contribution >= 4 is 6.03 Å². The van der Waals surface area contributed by atoms with E-state index in [1.54, 1.807) is 7.11 Å². The van der Waals surface area contributed by atoms with Gasteiger partial charge in [0.05, 0.1) is 12.7 Å². The molecule has 1 aliphatic carbocycles. The van der Waals surface area contributed by atoms with Gasteiger partial charge in [0.25, 0.3) is 0 Å². The average Bonchev–Trinajstić information content (AvgIpc) is 2.32. The van der Waals surface area contributed by atoms with Crippen molar-refractivity contribution < 1.29 is 14.6 Å². The molecule has 0 aromatic carbocycles. The fourth-order valence-corrected chi connectivity index (χ4v) is 2.41. The summed E-state index contributed by atoms with van der Waals surface area (Å²) in [5.74, 6) is 0. The third-order valence-electron chi connectivity index (χ3n) is 3.80. The summed E-state index contributed by atoms with van der Waals surface area (Å²) in [5.41, 5.74) is 0.416. The van der Waals surface area contributed by atoms with Crippen LogP contribution in [-0.2, 0) is 4.74 Å². The van der Waals surface area contributed by atoms with E-state index < -0.39 is 6.10 Å². The number of hydrogen-bond acceptors (Lipinski definition) is 3. The smallest absolute Gasteiger partial charge is 0.315 e. The summed E-state index contributed by atoms with van der Waals surface area (Å²) in [6.45, 7) is 5.33. The standard InChI is InChI=1S/C14H28N2O3/c1-14(2)7-4-11(5-8-14)16-13(18)15-9-6-12(17)10-19-3/h11-12,17H,4-10H2,1-3H3,(H2,15,16,18). The van der Waals surface area contributed by atoms with Gasteiger partial charge in [-0.1, -0.05) is 13.8 Å². The average molecular weight is 272 g/mol. The molecule has 1 aliphatic rings. The number of aliphatic hydroxyl groups excluding tert-OH is 1. The number of rotatable bonds is 6. The zero-order chi connectivity index (χ0) is 14.3. The molecule has 0 heterocycles. The lowest BCUT2D eigenvalue weighted by Gasteiger charge is -2.34. The second-order valence-corrected chi connectivity index (χ2v) is 6.24. The Labute approximate surface area is 116 Å². The molecule has 3 N–H and O–H groups in total. The van der Waals surface area contributed by atoms with Crippen LogP contribution in [0, 0.1) is 5.41 Å². The fourth-order valence-electron chi connectivity index (χ4n) is 2.41. The van der Waals surface area contributed by atoms with Crippen LogP contribution in [0.25, 0.3) is 0 Å². The maximum absolute atomic E-state index is 11.7. The quantitative estimate of drug-likeness (QED) is 0.688. The van der Waals surface area contributed by atoms with Gasteiger partial charge in [-0.05, 0) is 37.5 Å². The summed E-state index contributed by atoms with van der Waals surface area (Å²) in [4.78, 5) is 11.7. The van der Waals surface area contributed by atoms with Gasteiger partial charge in [0, 0.05) is 19.7 Å². The third kappa shape index (κ3) is 6.78. The van der Waals surface area contributed by atoms with E-state index in [1.165, 1.54) is 0 Å². The zero-order valence-electron chi connectivity index (χ0n) is 12.4. The van der Waals surface area contributed by atoms with E-state index in [1.807, 2.05) is 0 Å². The highest BCUT2D eigenvalue weighted by atomic mass is 16.5. The predicted octanol–water partition coefficient (Wildman–Crippen LogP) is 1.65. The molecule has 1 fully saturated rings. The molecule has 0 aromatic rings. The Kier molecular flexibility index (Phi) is 6.58. The second kappa shape index (κ2) is 7.70. The van der Waals surface area contributed by atoms with E-state index in [4.69, 9.17) is 4.74 Å². The van der Waals surface area contributed by atoms with Gasteiger partial charge < -0.3 is 20.5 Å². The molecular formula is C14H28N2O3. The Morgan fingerprint density at radius 1 is 1.42 bits per heavy atom. The van der Waals surface area contributed by atoms with Gasteiger partial charge in [0.1, 0.15) is 0 Å². The summed E-state index contributed by atoms with van der Waals surface area (Å²) in [6, 6.07) is 0.159. The van der Waals surface area contributed by atoms with Crippen LogP contribution < -0.4 is 10.6 Å². The van der Waals surface area contributed by atoms with Gasteiger partial charge >= 0.3 is 6.03 Å². The first kappa shape index (κ1) is 16.2. The number of methoxy groups -OCH3 is 1. The Morgan fingerprint density at radius 2 is 2.05 bits per heavy atom. The lowest BCUT2D eigenvalue weighted by Crippen LogP contribution is -2.45. The van der Waals surface area contributed by atoms with Gasteiger partial charge in [-0.3, -0.25) is 0 Å². The van der Waals surface area contributed by atoms with Gasteiger partial charge in [0.2, 0.25) is 0 Å². The molecule has 0 aliphatic heterocycles. The molecule has 1 unspecified atom stereocenters. The number of hydrogen-bond donors (Lipinski definition) is 3. The largest absolute Gasteiger partial charge is 0.391 e. The molecule has 19 heavy (non-hydrogen) atoms. The van der Waals surface area contributed by atoms with Crippen molar-refractivity contribution in [2.24, 2.45) is 5.41 Å². The summed E-state index contributed by atoms with van der Waals surface area (Å²) in [7, 11) is 1.55. The van der Waals surface area contributed by atoms with Crippen molar-refractivity contribution in [3.05, 3.63) is 0 Å². The predicted molar refractivity (Wildman–Crippen MR) is 75.1 cm³/mol. The number of nitrogens with one attached hydrogen (secondary N) is 2. The summed E-state index contributed by atoms with van der Waals surface area (Å²) in [6.07, 6.45) is 4.41. The number of carbonyl (C=O) groups excluding carboxylic acids is 1. The molecule has 0 saturated heterocycles. The molecule has 1 saturated carbocycles. The topological polar surface area (TPSA) is 70.6 Å². The van der Waals surface area contributed by atoms with Gasteiger partial charge in [-0.2, -0.15) is 0 Å². The maximum Gasteiger partial charge on any atom is 0.315 e.